The van der Waals surface area contributed by atoms with E-state index in [0.717, 1.165) is 32.2 Å². The summed E-state index contributed by atoms with van der Waals surface area (Å²) in [5.74, 6) is -0.665. The zero-order valence-corrected chi connectivity index (χ0v) is 21.0. The van der Waals surface area contributed by atoms with Gasteiger partial charge < -0.3 is 25.8 Å². The molecule has 3 fully saturated rings. The maximum Gasteiger partial charge on any atom is 0.312 e. The molecule has 3 N–H and O–H groups in total. The summed E-state index contributed by atoms with van der Waals surface area (Å²) in [6.45, 7) is 20.3. The highest BCUT2D eigenvalue weighted by Crippen LogP contribution is 2.32. The molecule has 0 aromatic heterocycles. The van der Waals surface area contributed by atoms with E-state index >= 15 is 0 Å². The first-order valence-electron chi connectivity index (χ1n) is 12.0. The van der Waals surface area contributed by atoms with Gasteiger partial charge in [-0.1, -0.05) is 0 Å². The number of hydrogen-bond donors (Lipinski definition) is 3. The van der Waals surface area contributed by atoms with E-state index < -0.39 is 0 Å². The van der Waals surface area contributed by atoms with Crippen molar-refractivity contribution in [2.24, 2.45) is 0 Å². The van der Waals surface area contributed by atoms with Gasteiger partial charge in [0.15, 0.2) is 0 Å². The lowest BCUT2D eigenvalue weighted by atomic mass is 9.79. The van der Waals surface area contributed by atoms with Gasteiger partial charge in [-0.2, -0.15) is 0 Å². The van der Waals surface area contributed by atoms with Gasteiger partial charge >= 0.3 is 11.8 Å². The molecule has 3 aliphatic rings. The Labute approximate surface area is 189 Å². The Morgan fingerprint density at radius 3 is 1.77 bits per heavy atom. The Hall–Kier alpha value is -1.18. The molecular weight excluding hydrogens is 390 g/mol. The number of amides is 2. The van der Waals surface area contributed by atoms with Crippen LogP contribution in [0.4, 0.5) is 0 Å². The molecule has 0 aliphatic carbocycles. The van der Waals surface area contributed by atoms with E-state index in [9.17, 15) is 9.59 Å². The van der Waals surface area contributed by atoms with Crippen molar-refractivity contribution in [3.63, 3.8) is 0 Å². The molecule has 0 atom stereocenters. The van der Waals surface area contributed by atoms with E-state index in [1.165, 1.54) is 0 Å². The lowest BCUT2D eigenvalue weighted by Crippen LogP contribution is -2.66. The van der Waals surface area contributed by atoms with E-state index in [1.807, 2.05) is 4.90 Å². The number of piperidine rings is 2. The molecule has 3 heterocycles. The summed E-state index contributed by atoms with van der Waals surface area (Å²) in [4.78, 5) is 29.4. The molecule has 7 heteroatoms. The monoisotopic (exact) mass is 435 g/mol. The summed E-state index contributed by atoms with van der Waals surface area (Å²) in [6, 6.07) is 0.528. The van der Waals surface area contributed by atoms with Crippen LogP contribution in [-0.4, -0.2) is 82.0 Å². The van der Waals surface area contributed by atoms with Gasteiger partial charge in [-0.05, 0) is 81.1 Å². The van der Waals surface area contributed by atoms with Crippen molar-refractivity contribution in [2.75, 3.05) is 26.2 Å². The molecule has 3 rings (SSSR count). The number of nitrogens with zero attached hydrogens (tertiary/aromatic N) is 2. The predicted octanol–water partition coefficient (Wildman–Crippen LogP) is 1.87. The first-order chi connectivity index (χ1) is 14.1. The number of carbonyl (C=O) groups is 2. The van der Waals surface area contributed by atoms with Gasteiger partial charge in [-0.15, -0.1) is 0 Å². The summed E-state index contributed by atoms with van der Waals surface area (Å²) in [5.41, 5.74) is 0.0842. The van der Waals surface area contributed by atoms with E-state index in [0.29, 0.717) is 25.7 Å². The molecule has 178 valence electrons. The van der Waals surface area contributed by atoms with Gasteiger partial charge in [0.2, 0.25) is 0 Å². The average Bonchev–Trinajstić information content (AvgIpc) is 2.53. The molecule has 0 saturated carbocycles. The third-order valence-corrected chi connectivity index (χ3v) is 6.96. The van der Waals surface area contributed by atoms with Crippen molar-refractivity contribution in [3.05, 3.63) is 0 Å². The van der Waals surface area contributed by atoms with E-state index in [2.05, 4.69) is 71.3 Å². The van der Waals surface area contributed by atoms with Crippen LogP contribution in [0.25, 0.3) is 0 Å². The van der Waals surface area contributed by atoms with E-state index in [-0.39, 0.29) is 40.0 Å². The standard InChI is InChI=1S/C24H45N5O2/c1-21(2)13-17(14-22(3,4)26-21)25-9-10-28-11-12-29(20(31)19(28)30)18-15-23(5,6)27-24(7,8)16-18/h17-18,25-27H,9-16H2,1-8H3. The van der Waals surface area contributed by atoms with Gasteiger partial charge in [-0.3, -0.25) is 9.59 Å². The van der Waals surface area contributed by atoms with Crippen molar-refractivity contribution in [1.29, 1.82) is 0 Å². The summed E-state index contributed by atoms with van der Waals surface area (Å²) in [6.07, 6.45) is 3.85. The molecule has 0 spiro atoms. The third-order valence-electron chi connectivity index (χ3n) is 6.96. The minimum absolute atomic E-state index is 0.0484. The first-order valence-corrected chi connectivity index (χ1v) is 12.0. The van der Waals surface area contributed by atoms with Gasteiger partial charge in [0, 0.05) is 60.4 Å². The van der Waals surface area contributed by atoms with Crippen LogP contribution >= 0.6 is 0 Å². The normalized spacial score (nSPS) is 28.8. The number of piperazine rings is 1. The number of hydrogen-bond acceptors (Lipinski definition) is 5. The Bertz CT molecular complexity index is 666. The zero-order chi connectivity index (χ0) is 23.2. The summed E-state index contributed by atoms with van der Waals surface area (Å²) in [7, 11) is 0. The van der Waals surface area contributed by atoms with Crippen LogP contribution in [-0.2, 0) is 9.59 Å². The van der Waals surface area contributed by atoms with Crippen LogP contribution in [0, 0.1) is 0 Å². The van der Waals surface area contributed by atoms with Crippen molar-refractivity contribution in [2.45, 2.75) is 115 Å². The lowest BCUT2D eigenvalue weighted by Gasteiger charge is -2.50. The Kier molecular flexibility index (Phi) is 6.55. The summed E-state index contributed by atoms with van der Waals surface area (Å²) < 4.78 is 0. The van der Waals surface area contributed by atoms with Gasteiger partial charge in [0.25, 0.3) is 0 Å². The highest BCUT2D eigenvalue weighted by Gasteiger charge is 2.44. The molecule has 0 aromatic carbocycles. The smallest absolute Gasteiger partial charge is 0.312 e. The fraction of sp³-hybridized carbons (Fsp3) is 0.917. The molecule has 0 bridgehead atoms. The molecule has 0 unspecified atom stereocenters. The largest absolute Gasteiger partial charge is 0.331 e. The molecule has 3 aliphatic heterocycles. The maximum atomic E-state index is 13.0. The molecule has 7 nitrogen and oxygen atoms in total. The van der Waals surface area contributed by atoms with Crippen LogP contribution in [0.5, 0.6) is 0 Å². The molecule has 31 heavy (non-hydrogen) atoms. The quantitative estimate of drug-likeness (QED) is 0.575. The lowest BCUT2D eigenvalue weighted by molar-refractivity contribution is -0.159. The molecule has 2 amide bonds. The SMILES string of the molecule is CC1(C)CC(NCCN2CCN(C3CC(C)(C)NC(C)(C)C3)C(=O)C2=O)CC(C)(C)N1. The van der Waals surface area contributed by atoms with Gasteiger partial charge in [0.1, 0.15) is 0 Å². The number of carbonyl (C=O) groups excluding carboxylic acids is 2. The van der Waals surface area contributed by atoms with Crippen LogP contribution in [0.2, 0.25) is 0 Å². The second-order valence-corrected chi connectivity index (χ2v) is 12.7. The second kappa shape index (κ2) is 8.31. The maximum absolute atomic E-state index is 13.0. The second-order valence-electron chi connectivity index (χ2n) is 12.7. The Morgan fingerprint density at radius 1 is 0.774 bits per heavy atom. The Balaban J connectivity index is 1.53. The fourth-order valence-electron chi connectivity index (χ4n) is 6.61. The summed E-state index contributed by atoms with van der Waals surface area (Å²) in [5, 5.41) is 11.0. The fourth-order valence-corrected chi connectivity index (χ4v) is 6.61. The molecular formula is C24H45N5O2. The predicted molar refractivity (Wildman–Crippen MR) is 125 cm³/mol. The molecule has 0 aromatic rings. The minimum atomic E-state index is -0.340. The third kappa shape index (κ3) is 6.20. The zero-order valence-electron chi connectivity index (χ0n) is 21.0. The van der Waals surface area contributed by atoms with Crippen LogP contribution < -0.4 is 16.0 Å². The first kappa shape index (κ1) is 24.5. The van der Waals surface area contributed by atoms with Crippen LogP contribution in [0.15, 0.2) is 0 Å². The average molecular weight is 436 g/mol. The van der Waals surface area contributed by atoms with Crippen molar-refractivity contribution < 1.29 is 9.59 Å². The van der Waals surface area contributed by atoms with Crippen molar-refractivity contribution in [1.82, 2.24) is 25.8 Å². The highest BCUT2D eigenvalue weighted by atomic mass is 16.2. The Morgan fingerprint density at radius 2 is 1.26 bits per heavy atom. The molecule has 3 saturated heterocycles. The molecule has 0 radical (unpaired) electrons. The minimum Gasteiger partial charge on any atom is -0.331 e. The highest BCUT2D eigenvalue weighted by molar-refractivity contribution is 6.35. The topological polar surface area (TPSA) is 76.7 Å². The number of nitrogens with one attached hydrogen (secondary N) is 3. The number of rotatable bonds is 5. The van der Waals surface area contributed by atoms with E-state index in [1.54, 1.807) is 4.90 Å². The van der Waals surface area contributed by atoms with Crippen LogP contribution in [0.1, 0.15) is 81.1 Å². The van der Waals surface area contributed by atoms with Gasteiger partial charge in [-0.25, -0.2) is 0 Å². The van der Waals surface area contributed by atoms with Gasteiger partial charge in [0.05, 0.1) is 0 Å². The van der Waals surface area contributed by atoms with Crippen molar-refractivity contribution in [3.8, 4) is 0 Å². The van der Waals surface area contributed by atoms with E-state index in [4.69, 9.17) is 0 Å². The van der Waals surface area contributed by atoms with Crippen molar-refractivity contribution >= 4 is 11.8 Å². The van der Waals surface area contributed by atoms with Crippen LogP contribution in [0.3, 0.4) is 0 Å². The summed E-state index contributed by atoms with van der Waals surface area (Å²) >= 11 is 0.